The number of rotatable bonds is 0. The molecule has 1 saturated heterocycles. The highest BCUT2D eigenvalue weighted by atomic mass is 15.0. The van der Waals surface area contributed by atoms with Gasteiger partial charge in [0.1, 0.15) is 0 Å². The zero-order valence-corrected chi connectivity index (χ0v) is 9.48. The molecule has 13 heavy (non-hydrogen) atoms. The molecule has 0 amide bonds. The number of hydrogen-bond acceptors (Lipinski definition) is 1. The molecule has 0 aromatic carbocycles. The first-order chi connectivity index (χ1) is 5.88. The second-order valence-electron chi connectivity index (χ2n) is 6.51. The monoisotopic (exact) mass is 181 g/mol. The smallest absolute Gasteiger partial charge is 0.0131 e. The van der Waals surface area contributed by atoms with Crippen LogP contribution in [0.5, 0.6) is 0 Å². The zero-order chi connectivity index (χ0) is 9.69. The normalized spacial score (nSPS) is 41.5. The van der Waals surface area contributed by atoms with Crippen molar-refractivity contribution in [2.45, 2.75) is 65.0 Å². The van der Waals surface area contributed by atoms with Crippen molar-refractivity contribution in [3.8, 4) is 0 Å². The Balaban J connectivity index is 2.06. The maximum absolute atomic E-state index is 3.79. The maximum atomic E-state index is 3.79. The predicted molar refractivity (Wildman–Crippen MR) is 56.7 cm³/mol. The van der Waals surface area contributed by atoms with Crippen LogP contribution in [0, 0.1) is 11.3 Å². The first-order valence-electron chi connectivity index (χ1n) is 5.66. The fourth-order valence-electron chi connectivity index (χ4n) is 3.27. The van der Waals surface area contributed by atoms with Gasteiger partial charge in [-0.1, -0.05) is 13.8 Å². The largest absolute Gasteiger partial charge is 0.309 e. The van der Waals surface area contributed by atoms with Crippen LogP contribution in [0.2, 0.25) is 0 Å². The molecule has 1 N–H and O–H groups in total. The lowest BCUT2D eigenvalue weighted by molar-refractivity contribution is 0.170. The Kier molecular flexibility index (Phi) is 1.99. The van der Waals surface area contributed by atoms with Crippen molar-refractivity contribution >= 4 is 0 Å². The van der Waals surface area contributed by atoms with Gasteiger partial charge in [-0.25, -0.2) is 0 Å². The molecular weight excluding hydrogens is 158 g/mol. The second kappa shape index (κ2) is 2.73. The lowest BCUT2D eigenvalue weighted by Gasteiger charge is -2.37. The molecule has 2 atom stereocenters. The van der Waals surface area contributed by atoms with Gasteiger partial charge >= 0.3 is 0 Å². The maximum Gasteiger partial charge on any atom is 0.0131 e. The Hall–Kier alpha value is -0.0400. The van der Waals surface area contributed by atoms with E-state index in [1.807, 2.05) is 0 Å². The van der Waals surface area contributed by atoms with Gasteiger partial charge in [0.15, 0.2) is 0 Å². The van der Waals surface area contributed by atoms with Crippen molar-refractivity contribution in [1.82, 2.24) is 5.32 Å². The van der Waals surface area contributed by atoms with Crippen LogP contribution >= 0.6 is 0 Å². The minimum atomic E-state index is 0.399. The van der Waals surface area contributed by atoms with E-state index >= 15 is 0 Å². The molecule has 1 aliphatic heterocycles. The van der Waals surface area contributed by atoms with Crippen LogP contribution in [0.3, 0.4) is 0 Å². The summed E-state index contributed by atoms with van der Waals surface area (Å²) in [6.07, 6.45) is 5.62. The SMILES string of the molecule is CC1(C)CCC2CC(C)(C)NC2C1. The van der Waals surface area contributed by atoms with Gasteiger partial charge in [0, 0.05) is 11.6 Å². The molecule has 76 valence electrons. The van der Waals surface area contributed by atoms with E-state index in [1.54, 1.807) is 0 Å². The molecule has 1 saturated carbocycles. The van der Waals surface area contributed by atoms with E-state index in [2.05, 4.69) is 33.0 Å². The molecule has 0 bridgehead atoms. The lowest BCUT2D eigenvalue weighted by atomic mass is 9.70. The molecule has 0 aromatic rings. The summed E-state index contributed by atoms with van der Waals surface area (Å²) >= 11 is 0. The van der Waals surface area contributed by atoms with Gasteiger partial charge in [-0.05, 0) is 50.9 Å². The third-order valence-electron chi connectivity index (χ3n) is 3.88. The predicted octanol–water partition coefficient (Wildman–Crippen LogP) is 2.95. The summed E-state index contributed by atoms with van der Waals surface area (Å²) in [6.45, 7) is 9.52. The van der Waals surface area contributed by atoms with E-state index in [0.717, 1.165) is 12.0 Å². The minimum absolute atomic E-state index is 0.399. The van der Waals surface area contributed by atoms with Gasteiger partial charge in [0.05, 0.1) is 0 Å². The van der Waals surface area contributed by atoms with Gasteiger partial charge < -0.3 is 5.32 Å². The third kappa shape index (κ3) is 1.90. The first-order valence-corrected chi connectivity index (χ1v) is 5.66. The second-order valence-corrected chi connectivity index (χ2v) is 6.51. The summed E-state index contributed by atoms with van der Waals surface area (Å²) in [6, 6.07) is 0.804. The van der Waals surface area contributed by atoms with Crippen LogP contribution < -0.4 is 5.32 Å². The molecule has 1 heterocycles. The summed E-state index contributed by atoms with van der Waals surface area (Å²) in [5.41, 5.74) is 0.977. The van der Waals surface area contributed by atoms with Crippen molar-refractivity contribution < 1.29 is 0 Å². The van der Waals surface area contributed by atoms with E-state index < -0.39 is 0 Å². The van der Waals surface area contributed by atoms with Crippen LogP contribution in [0.25, 0.3) is 0 Å². The molecule has 2 unspecified atom stereocenters. The van der Waals surface area contributed by atoms with Crippen molar-refractivity contribution in [2.24, 2.45) is 11.3 Å². The van der Waals surface area contributed by atoms with Gasteiger partial charge in [-0.15, -0.1) is 0 Å². The quantitative estimate of drug-likeness (QED) is 0.606. The summed E-state index contributed by atoms with van der Waals surface area (Å²) in [5.74, 6) is 0.961. The van der Waals surface area contributed by atoms with E-state index in [4.69, 9.17) is 0 Å². The van der Waals surface area contributed by atoms with Gasteiger partial charge in [0.25, 0.3) is 0 Å². The van der Waals surface area contributed by atoms with Crippen LogP contribution in [0.15, 0.2) is 0 Å². The van der Waals surface area contributed by atoms with Gasteiger partial charge in [0.2, 0.25) is 0 Å². The van der Waals surface area contributed by atoms with Crippen molar-refractivity contribution in [2.75, 3.05) is 0 Å². The average molecular weight is 181 g/mol. The Morgan fingerprint density at radius 3 is 2.46 bits per heavy atom. The number of nitrogens with one attached hydrogen (secondary N) is 1. The Labute approximate surface area is 82.3 Å². The highest BCUT2D eigenvalue weighted by molar-refractivity contribution is 5.01. The number of fused-ring (bicyclic) bond motifs is 1. The molecule has 0 spiro atoms. The van der Waals surface area contributed by atoms with Gasteiger partial charge in [-0.3, -0.25) is 0 Å². The van der Waals surface area contributed by atoms with Crippen molar-refractivity contribution in [3.63, 3.8) is 0 Å². The topological polar surface area (TPSA) is 12.0 Å². The lowest BCUT2D eigenvalue weighted by Crippen LogP contribution is -2.42. The average Bonchev–Trinajstić information content (AvgIpc) is 2.20. The van der Waals surface area contributed by atoms with Crippen LogP contribution in [0.1, 0.15) is 53.4 Å². The third-order valence-corrected chi connectivity index (χ3v) is 3.88. The standard InChI is InChI=1S/C12H23N/c1-11(2)6-5-9-7-12(3,4)13-10(9)8-11/h9-10,13H,5-8H2,1-4H3. The Morgan fingerprint density at radius 2 is 1.77 bits per heavy atom. The van der Waals surface area contributed by atoms with Crippen LogP contribution in [-0.2, 0) is 0 Å². The fourth-order valence-corrected chi connectivity index (χ4v) is 3.27. The Bertz CT molecular complexity index is 203. The highest BCUT2D eigenvalue weighted by Gasteiger charge is 2.43. The van der Waals surface area contributed by atoms with Crippen LogP contribution in [0.4, 0.5) is 0 Å². The Morgan fingerprint density at radius 1 is 1.08 bits per heavy atom. The molecular formula is C12H23N. The van der Waals surface area contributed by atoms with E-state index in [1.165, 1.54) is 25.7 Å². The van der Waals surface area contributed by atoms with E-state index in [9.17, 15) is 0 Å². The molecule has 2 aliphatic rings. The van der Waals surface area contributed by atoms with Crippen LogP contribution in [-0.4, -0.2) is 11.6 Å². The molecule has 1 nitrogen and oxygen atoms in total. The fraction of sp³-hybridized carbons (Fsp3) is 1.00. The highest BCUT2D eigenvalue weighted by Crippen LogP contribution is 2.44. The number of hydrogen-bond donors (Lipinski definition) is 1. The molecule has 0 aromatic heterocycles. The summed E-state index contributed by atoms with van der Waals surface area (Å²) < 4.78 is 0. The zero-order valence-electron chi connectivity index (χ0n) is 9.48. The van der Waals surface area contributed by atoms with Crippen molar-refractivity contribution in [1.29, 1.82) is 0 Å². The van der Waals surface area contributed by atoms with Crippen molar-refractivity contribution in [3.05, 3.63) is 0 Å². The molecule has 2 fully saturated rings. The molecule has 2 rings (SSSR count). The summed E-state index contributed by atoms with van der Waals surface area (Å²) in [5, 5.41) is 3.79. The summed E-state index contributed by atoms with van der Waals surface area (Å²) in [7, 11) is 0. The molecule has 1 aliphatic carbocycles. The minimum Gasteiger partial charge on any atom is -0.309 e. The first kappa shape index (κ1) is 9.51. The summed E-state index contributed by atoms with van der Waals surface area (Å²) in [4.78, 5) is 0. The van der Waals surface area contributed by atoms with E-state index in [-0.39, 0.29) is 0 Å². The molecule has 0 radical (unpaired) electrons. The van der Waals surface area contributed by atoms with Gasteiger partial charge in [-0.2, -0.15) is 0 Å². The van der Waals surface area contributed by atoms with E-state index in [0.29, 0.717) is 11.0 Å². The molecule has 1 heteroatoms.